The highest BCUT2D eigenvalue weighted by atomic mass is 16.6. The van der Waals surface area contributed by atoms with Crippen LogP contribution in [-0.4, -0.2) is 64.8 Å². The minimum Gasteiger partial charge on any atom is -0.466 e. The van der Waals surface area contributed by atoms with E-state index in [2.05, 4.69) is 5.32 Å². The molecule has 1 aromatic carbocycles. The molecule has 8 nitrogen and oxygen atoms in total. The molecule has 3 aliphatic rings. The van der Waals surface area contributed by atoms with Gasteiger partial charge in [-0.05, 0) is 44.6 Å². The summed E-state index contributed by atoms with van der Waals surface area (Å²) in [5, 5.41) is 12.1. The normalized spacial score (nSPS) is 33.1. The number of amides is 2. The number of aliphatic hydroxyl groups is 1. The third-order valence-corrected chi connectivity index (χ3v) is 8.22. The zero-order valence-corrected chi connectivity index (χ0v) is 21.0. The van der Waals surface area contributed by atoms with Crippen molar-refractivity contribution in [3.8, 4) is 0 Å². The van der Waals surface area contributed by atoms with Gasteiger partial charge in [0.2, 0.25) is 11.8 Å². The van der Waals surface area contributed by atoms with Crippen molar-refractivity contribution in [2.75, 3.05) is 19.8 Å². The van der Waals surface area contributed by atoms with Crippen LogP contribution in [-0.2, 0) is 30.4 Å². The number of esters is 1. The van der Waals surface area contributed by atoms with Crippen LogP contribution in [0.15, 0.2) is 30.3 Å². The van der Waals surface area contributed by atoms with E-state index < -0.39 is 35.0 Å². The van der Waals surface area contributed by atoms with Crippen LogP contribution < -0.4 is 5.32 Å². The van der Waals surface area contributed by atoms with Gasteiger partial charge in [0, 0.05) is 19.7 Å². The first-order chi connectivity index (χ1) is 16.8. The Balaban J connectivity index is 1.63. The summed E-state index contributed by atoms with van der Waals surface area (Å²) in [6.07, 6.45) is 3.67. The number of hydrogen-bond donors (Lipinski definition) is 2. The lowest BCUT2D eigenvalue weighted by molar-refractivity contribution is -0.161. The molecule has 192 valence electrons. The summed E-state index contributed by atoms with van der Waals surface area (Å²) in [7, 11) is 0. The highest BCUT2D eigenvalue weighted by molar-refractivity contribution is 5.98. The number of carbonyl (C=O) groups is 3. The molecular weight excluding hydrogens is 448 g/mol. The molecule has 2 amide bonds. The van der Waals surface area contributed by atoms with Gasteiger partial charge in [0.15, 0.2) is 0 Å². The molecular formula is C27H38N2O6. The molecule has 2 bridgehead atoms. The highest BCUT2D eigenvalue weighted by Gasteiger charge is 2.80. The van der Waals surface area contributed by atoms with E-state index in [9.17, 15) is 14.4 Å². The molecule has 2 N–H and O–H groups in total. The number of aliphatic hydroxyl groups excluding tert-OH is 1. The standard InChI is InChI=1S/C27H38N2O6/c1-4-34-25(33)21-20-24(32)29(14-10-5-6-11-15-30)22(27(20)16-18(2)26(21,3)35-27)23(31)28-17-19-12-8-7-9-13-19/h7-9,12-13,18,20-22,30H,4-6,10-11,14-17H2,1-3H3,(H,28,31)/t18?,20-,21+,22?,26-,27?/m0/s1. The summed E-state index contributed by atoms with van der Waals surface area (Å²) < 4.78 is 12.0. The van der Waals surface area contributed by atoms with E-state index >= 15 is 0 Å². The predicted octanol–water partition coefficient (Wildman–Crippen LogP) is 2.43. The van der Waals surface area contributed by atoms with Gasteiger partial charge in [0.1, 0.15) is 17.6 Å². The van der Waals surface area contributed by atoms with Gasteiger partial charge in [0.05, 0.1) is 18.1 Å². The van der Waals surface area contributed by atoms with E-state index in [1.165, 1.54) is 0 Å². The second-order valence-electron chi connectivity index (χ2n) is 10.3. The van der Waals surface area contributed by atoms with E-state index in [0.29, 0.717) is 32.4 Å². The van der Waals surface area contributed by atoms with Gasteiger partial charge in [-0.3, -0.25) is 14.4 Å². The molecule has 0 radical (unpaired) electrons. The van der Waals surface area contributed by atoms with Crippen molar-refractivity contribution in [2.45, 2.75) is 76.7 Å². The van der Waals surface area contributed by atoms with Crippen LogP contribution in [0.2, 0.25) is 0 Å². The molecule has 1 spiro atoms. The Labute approximate surface area is 207 Å². The third kappa shape index (κ3) is 4.35. The van der Waals surface area contributed by atoms with Gasteiger partial charge in [-0.25, -0.2) is 0 Å². The fraction of sp³-hybridized carbons (Fsp3) is 0.667. The predicted molar refractivity (Wildman–Crippen MR) is 129 cm³/mol. The number of carbonyl (C=O) groups excluding carboxylic acids is 3. The van der Waals surface area contributed by atoms with E-state index in [4.69, 9.17) is 14.6 Å². The van der Waals surface area contributed by atoms with Crippen LogP contribution in [0.1, 0.15) is 58.4 Å². The molecule has 0 saturated carbocycles. The van der Waals surface area contributed by atoms with Crippen molar-refractivity contribution < 1.29 is 29.0 Å². The van der Waals surface area contributed by atoms with E-state index in [1.54, 1.807) is 11.8 Å². The van der Waals surface area contributed by atoms with Gasteiger partial charge < -0.3 is 24.8 Å². The van der Waals surface area contributed by atoms with Gasteiger partial charge in [-0.2, -0.15) is 0 Å². The largest absolute Gasteiger partial charge is 0.466 e. The van der Waals surface area contributed by atoms with Crippen molar-refractivity contribution in [2.24, 2.45) is 17.8 Å². The van der Waals surface area contributed by atoms with Crippen LogP contribution >= 0.6 is 0 Å². The fourth-order valence-electron chi connectivity index (χ4n) is 6.50. The lowest BCUT2D eigenvalue weighted by Gasteiger charge is -2.35. The first-order valence-electron chi connectivity index (χ1n) is 12.9. The molecule has 1 aromatic rings. The molecule has 0 aliphatic carbocycles. The number of likely N-dealkylation sites (tertiary alicyclic amines) is 1. The van der Waals surface area contributed by atoms with Crippen molar-refractivity contribution in [1.82, 2.24) is 10.2 Å². The van der Waals surface area contributed by atoms with Gasteiger partial charge in [-0.15, -0.1) is 0 Å². The summed E-state index contributed by atoms with van der Waals surface area (Å²) in [5.74, 6) is -2.33. The average Bonchev–Trinajstić information content (AvgIpc) is 3.35. The minimum atomic E-state index is -1.05. The quantitative estimate of drug-likeness (QED) is 0.368. The van der Waals surface area contributed by atoms with Gasteiger partial charge in [0.25, 0.3) is 0 Å². The monoisotopic (exact) mass is 486 g/mol. The number of hydrogen-bond acceptors (Lipinski definition) is 6. The Morgan fingerprint density at radius 1 is 1.20 bits per heavy atom. The lowest BCUT2D eigenvalue weighted by Crippen LogP contribution is -2.55. The summed E-state index contributed by atoms with van der Waals surface area (Å²) in [6, 6.07) is 8.84. The van der Waals surface area contributed by atoms with Crippen molar-refractivity contribution >= 4 is 17.8 Å². The van der Waals surface area contributed by atoms with Crippen molar-refractivity contribution in [3.63, 3.8) is 0 Å². The maximum absolute atomic E-state index is 13.9. The van der Waals surface area contributed by atoms with Gasteiger partial charge in [-0.1, -0.05) is 50.1 Å². The van der Waals surface area contributed by atoms with E-state index in [0.717, 1.165) is 18.4 Å². The Hall–Kier alpha value is -2.45. The fourth-order valence-corrected chi connectivity index (χ4v) is 6.50. The molecule has 3 unspecified atom stereocenters. The summed E-state index contributed by atoms with van der Waals surface area (Å²) in [6.45, 7) is 6.80. The molecule has 4 rings (SSSR count). The number of benzene rings is 1. The number of nitrogens with zero attached hydrogens (tertiary/aromatic N) is 1. The Morgan fingerprint density at radius 2 is 1.91 bits per heavy atom. The number of ether oxygens (including phenoxy) is 2. The molecule has 6 atom stereocenters. The lowest BCUT2D eigenvalue weighted by atomic mass is 9.62. The summed E-state index contributed by atoms with van der Waals surface area (Å²) in [5.41, 5.74) is -0.928. The topological polar surface area (TPSA) is 105 Å². The van der Waals surface area contributed by atoms with Crippen molar-refractivity contribution in [1.29, 1.82) is 0 Å². The smallest absolute Gasteiger partial charge is 0.312 e. The molecule has 35 heavy (non-hydrogen) atoms. The van der Waals surface area contributed by atoms with Crippen molar-refractivity contribution in [3.05, 3.63) is 35.9 Å². The highest BCUT2D eigenvalue weighted by Crippen LogP contribution is 2.65. The minimum absolute atomic E-state index is 0.00474. The third-order valence-electron chi connectivity index (χ3n) is 8.22. The van der Waals surface area contributed by atoms with Crippen LogP contribution in [0.4, 0.5) is 0 Å². The van der Waals surface area contributed by atoms with Crippen LogP contribution in [0.3, 0.4) is 0 Å². The molecule has 3 aliphatic heterocycles. The Bertz CT molecular complexity index is 939. The molecule has 3 fully saturated rings. The SMILES string of the molecule is CCOC(=O)[C@H]1[C@H]2C(=O)N(CCCCCCO)C(C(=O)NCc3ccccc3)C23CC(C)[C@]1(C)O3. The summed E-state index contributed by atoms with van der Waals surface area (Å²) >= 11 is 0. The molecule has 3 saturated heterocycles. The maximum atomic E-state index is 13.9. The van der Waals surface area contributed by atoms with E-state index in [-0.39, 0.29) is 30.9 Å². The second kappa shape index (κ2) is 10.3. The number of unbranched alkanes of at least 4 members (excludes halogenated alkanes) is 3. The first kappa shape index (κ1) is 25.6. The van der Waals surface area contributed by atoms with E-state index in [1.807, 2.05) is 44.2 Å². The summed E-state index contributed by atoms with van der Waals surface area (Å²) in [4.78, 5) is 42.3. The second-order valence-corrected chi connectivity index (χ2v) is 10.3. The molecule has 8 heteroatoms. The molecule has 3 heterocycles. The average molecular weight is 487 g/mol. The number of rotatable bonds is 11. The number of fused-ring (bicyclic) bond motifs is 1. The Kier molecular flexibility index (Phi) is 7.52. The van der Waals surface area contributed by atoms with Gasteiger partial charge >= 0.3 is 5.97 Å². The Morgan fingerprint density at radius 3 is 2.60 bits per heavy atom. The van der Waals surface area contributed by atoms with Crippen LogP contribution in [0.5, 0.6) is 0 Å². The zero-order valence-electron chi connectivity index (χ0n) is 21.0. The zero-order chi connectivity index (χ0) is 25.2. The van der Waals surface area contributed by atoms with Crippen LogP contribution in [0, 0.1) is 17.8 Å². The maximum Gasteiger partial charge on any atom is 0.312 e. The number of nitrogens with one attached hydrogen (secondary N) is 1. The molecule has 0 aromatic heterocycles. The first-order valence-corrected chi connectivity index (χ1v) is 12.9. The van der Waals surface area contributed by atoms with Crippen LogP contribution in [0.25, 0.3) is 0 Å².